The minimum absolute atomic E-state index is 0.00881. The average Bonchev–Trinajstić information content (AvgIpc) is 2.73. The molecule has 6 heteroatoms. The van der Waals surface area contributed by atoms with E-state index in [9.17, 15) is 4.79 Å². The Morgan fingerprint density at radius 3 is 2.22 bits per heavy atom. The highest BCUT2D eigenvalue weighted by Crippen LogP contribution is 2.20. The van der Waals surface area contributed by atoms with Crippen molar-refractivity contribution in [3.8, 4) is 17.6 Å². The molecule has 0 radical (unpaired) electrons. The van der Waals surface area contributed by atoms with Gasteiger partial charge in [-0.2, -0.15) is 5.26 Å². The second-order valence-corrected chi connectivity index (χ2v) is 6.33. The molecule has 0 spiro atoms. The summed E-state index contributed by atoms with van der Waals surface area (Å²) in [7, 11) is 1.65. The third-order valence-electron chi connectivity index (χ3n) is 4.64. The van der Waals surface area contributed by atoms with E-state index >= 15 is 0 Å². The van der Waals surface area contributed by atoms with Crippen molar-refractivity contribution in [3.05, 3.63) is 54.1 Å². The molecule has 1 saturated heterocycles. The van der Waals surface area contributed by atoms with E-state index in [0.29, 0.717) is 25.3 Å². The van der Waals surface area contributed by atoms with Gasteiger partial charge in [-0.1, -0.05) is 12.1 Å². The Bertz CT molecular complexity index is 789. The molecular weight excluding hydrogens is 342 g/mol. The van der Waals surface area contributed by atoms with Gasteiger partial charge in [0.25, 0.3) is 5.91 Å². The highest BCUT2D eigenvalue weighted by molar-refractivity contribution is 5.78. The number of hydrogen-bond acceptors (Lipinski definition) is 5. The molecule has 0 bridgehead atoms. The number of carbonyl (C=O) groups excluding carboxylic acids is 1. The molecule has 140 valence electrons. The van der Waals surface area contributed by atoms with Crippen molar-refractivity contribution < 1.29 is 14.3 Å². The number of nitriles is 1. The second-order valence-electron chi connectivity index (χ2n) is 6.33. The molecule has 1 aliphatic rings. The molecule has 1 heterocycles. The Hall–Kier alpha value is -3.20. The van der Waals surface area contributed by atoms with E-state index in [1.54, 1.807) is 19.2 Å². The normalized spacial score (nSPS) is 13.8. The lowest BCUT2D eigenvalue weighted by Gasteiger charge is -2.36. The maximum Gasteiger partial charge on any atom is 0.260 e. The van der Waals surface area contributed by atoms with Crippen molar-refractivity contribution in [2.24, 2.45) is 0 Å². The van der Waals surface area contributed by atoms with Gasteiger partial charge in [0.1, 0.15) is 11.5 Å². The Labute approximate surface area is 159 Å². The highest BCUT2D eigenvalue weighted by Gasteiger charge is 2.21. The number of ether oxygens (including phenoxy) is 2. The van der Waals surface area contributed by atoms with E-state index in [2.05, 4.69) is 11.0 Å². The molecule has 0 saturated carbocycles. The summed E-state index contributed by atoms with van der Waals surface area (Å²) in [6, 6.07) is 17.3. The van der Waals surface area contributed by atoms with E-state index in [1.165, 1.54) is 0 Å². The molecule has 0 N–H and O–H groups in total. The standard InChI is InChI=1S/C21H23N3O3/c1-26-19-8-4-18(5-9-19)23-12-14-24(15-13-23)21(25)16-27-20-6-2-17(3-7-20)10-11-22/h2-9H,10,12-16H2,1H3. The van der Waals surface area contributed by atoms with Crippen molar-refractivity contribution in [2.45, 2.75) is 6.42 Å². The number of amides is 1. The molecule has 0 atom stereocenters. The second kappa shape index (κ2) is 8.95. The predicted octanol–water partition coefficient (Wildman–Crippen LogP) is 2.49. The van der Waals surface area contributed by atoms with Gasteiger partial charge in [-0.05, 0) is 42.0 Å². The van der Waals surface area contributed by atoms with Gasteiger partial charge in [-0.15, -0.1) is 0 Å². The summed E-state index contributed by atoms with van der Waals surface area (Å²) in [5, 5.41) is 8.68. The lowest BCUT2D eigenvalue weighted by Crippen LogP contribution is -2.50. The van der Waals surface area contributed by atoms with Crippen LogP contribution in [0.25, 0.3) is 0 Å². The van der Waals surface area contributed by atoms with Crippen LogP contribution in [-0.4, -0.2) is 50.7 Å². The van der Waals surface area contributed by atoms with Gasteiger partial charge in [0, 0.05) is 31.9 Å². The van der Waals surface area contributed by atoms with Gasteiger partial charge in [0.15, 0.2) is 6.61 Å². The Kier molecular flexibility index (Phi) is 6.16. The number of benzene rings is 2. The van der Waals surface area contributed by atoms with Crippen LogP contribution in [0.1, 0.15) is 5.56 Å². The smallest absolute Gasteiger partial charge is 0.260 e. The number of carbonyl (C=O) groups is 1. The van der Waals surface area contributed by atoms with E-state index in [4.69, 9.17) is 14.7 Å². The fourth-order valence-electron chi connectivity index (χ4n) is 3.04. The summed E-state index contributed by atoms with van der Waals surface area (Å²) in [6.07, 6.45) is 0.373. The van der Waals surface area contributed by atoms with Crippen LogP contribution in [0.15, 0.2) is 48.5 Å². The summed E-state index contributed by atoms with van der Waals surface area (Å²) < 4.78 is 10.8. The quantitative estimate of drug-likeness (QED) is 0.787. The molecule has 27 heavy (non-hydrogen) atoms. The van der Waals surface area contributed by atoms with Gasteiger partial charge in [-0.3, -0.25) is 4.79 Å². The summed E-state index contributed by atoms with van der Waals surface area (Å²) in [5.74, 6) is 1.47. The summed E-state index contributed by atoms with van der Waals surface area (Å²) in [6.45, 7) is 2.96. The maximum atomic E-state index is 12.4. The summed E-state index contributed by atoms with van der Waals surface area (Å²) in [5.41, 5.74) is 2.07. The van der Waals surface area contributed by atoms with Crippen molar-refractivity contribution in [1.82, 2.24) is 4.90 Å². The molecule has 3 rings (SSSR count). The molecule has 0 aliphatic carbocycles. The molecule has 0 aromatic heterocycles. The molecular formula is C21H23N3O3. The first kappa shape index (κ1) is 18.6. The Morgan fingerprint density at radius 1 is 1.00 bits per heavy atom. The Morgan fingerprint density at radius 2 is 1.63 bits per heavy atom. The zero-order valence-corrected chi connectivity index (χ0v) is 15.4. The third-order valence-corrected chi connectivity index (χ3v) is 4.64. The topological polar surface area (TPSA) is 65.8 Å². The van der Waals surface area contributed by atoms with Crippen molar-refractivity contribution in [1.29, 1.82) is 5.26 Å². The molecule has 2 aromatic carbocycles. The van der Waals surface area contributed by atoms with Gasteiger partial charge in [0.05, 0.1) is 19.6 Å². The zero-order chi connectivity index (χ0) is 19.1. The summed E-state index contributed by atoms with van der Waals surface area (Å²) >= 11 is 0. The van der Waals surface area contributed by atoms with Crippen molar-refractivity contribution >= 4 is 11.6 Å². The van der Waals surface area contributed by atoms with Gasteiger partial charge in [0.2, 0.25) is 0 Å². The zero-order valence-electron chi connectivity index (χ0n) is 15.4. The fraction of sp³-hybridized carbons (Fsp3) is 0.333. The van der Waals surface area contributed by atoms with Gasteiger partial charge in [-0.25, -0.2) is 0 Å². The van der Waals surface area contributed by atoms with E-state index in [-0.39, 0.29) is 12.5 Å². The molecule has 1 amide bonds. The number of piperazine rings is 1. The largest absolute Gasteiger partial charge is 0.497 e. The number of methoxy groups -OCH3 is 1. The highest BCUT2D eigenvalue weighted by atomic mass is 16.5. The van der Waals surface area contributed by atoms with Crippen LogP contribution in [0, 0.1) is 11.3 Å². The molecule has 1 fully saturated rings. The number of nitrogens with zero attached hydrogens (tertiary/aromatic N) is 3. The minimum Gasteiger partial charge on any atom is -0.497 e. The van der Waals surface area contributed by atoms with Crippen LogP contribution in [-0.2, 0) is 11.2 Å². The average molecular weight is 365 g/mol. The molecule has 2 aromatic rings. The first-order valence-electron chi connectivity index (χ1n) is 8.95. The fourth-order valence-corrected chi connectivity index (χ4v) is 3.04. The van der Waals surface area contributed by atoms with Crippen molar-refractivity contribution in [3.63, 3.8) is 0 Å². The van der Waals surface area contributed by atoms with E-state index < -0.39 is 0 Å². The van der Waals surface area contributed by atoms with Crippen LogP contribution in [0.4, 0.5) is 5.69 Å². The first-order valence-corrected chi connectivity index (χ1v) is 8.95. The van der Waals surface area contributed by atoms with Gasteiger partial charge < -0.3 is 19.3 Å². The van der Waals surface area contributed by atoms with Gasteiger partial charge >= 0.3 is 0 Å². The number of rotatable bonds is 6. The predicted molar refractivity (Wildman–Crippen MR) is 103 cm³/mol. The van der Waals surface area contributed by atoms with Crippen LogP contribution >= 0.6 is 0 Å². The molecule has 1 aliphatic heterocycles. The minimum atomic E-state index is -0.00881. The molecule has 6 nitrogen and oxygen atoms in total. The Balaban J connectivity index is 1.46. The first-order chi connectivity index (χ1) is 13.2. The lowest BCUT2D eigenvalue weighted by molar-refractivity contribution is -0.133. The third kappa shape index (κ3) is 4.91. The number of hydrogen-bond donors (Lipinski definition) is 0. The van der Waals surface area contributed by atoms with Crippen LogP contribution in [0.2, 0.25) is 0 Å². The monoisotopic (exact) mass is 365 g/mol. The number of anilines is 1. The SMILES string of the molecule is COc1ccc(N2CCN(C(=O)COc3ccc(CC#N)cc3)CC2)cc1. The van der Waals surface area contributed by atoms with Crippen LogP contribution < -0.4 is 14.4 Å². The van der Waals surface area contributed by atoms with Crippen LogP contribution in [0.3, 0.4) is 0 Å². The lowest BCUT2D eigenvalue weighted by atomic mass is 10.2. The maximum absolute atomic E-state index is 12.4. The van der Waals surface area contributed by atoms with Crippen molar-refractivity contribution in [2.75, 3.05) is 44.8 Å². The molecule has 0 unspecified atom stereocenters. The summed E-state index contributed by atoms with van der Waals surface area (Å²) in [4.78, 5) is 16.5. The van der Waals surface area contributed by atoms with E-state index in [0.717, 1.165) is 30.1 Å². The van der Waals surface area contributed by atoms with E-state index in [1.807, 2.05) is 41.3 Å². The van der Waals surface area contributed by atoms with Crippen LogP contribution in [0.5, 0.6) is 11.5 Å².